The third-order valence-corrected chi connectivity index (χ3v) is 6.35. The van der Waals surface area contributed by atoms with Gasteiger partial charge >= 0.3 is 0 Å². The van der Waals surface area contributed by atoms with Gasteiger partial charge in [0.05, 0.1) is 38.1 Å². The van der Waals surface area contributed by atoms with Crippen LogP contribution in [-0.4, -0.2) is 68.5 Å². The van der Waals surface area contributed by atoms with Crippen molar-refractivity contribution >= 4 is 17.5 Å². The van der Waals surface area contributed by atoms with Crippen molar-refractivity contribution in [3.05, 3.63) is 95.3 Å². The van der Waals surface area contributed by atoms with E-state index in [0.717, 1.165) is 11.1 Å². The number of hydrazone groups is 1. The van der Waals surface area contributed by atoms with Gasteiger partial charge in [-0.05, 0) is 42.0 Å². The smallest absolute Gasteiger partial charge is 0.262 e. The molecule has 0 spiro atoms. The van der Waals surface area contributed by atoms with Crippen molar-refractivity contribution < 1.29 is 28.2 Å². The lowest BCUT2D eigenvalue weighted by atomic mass is 9.98. The average Bonchev–Trinajstić information content (AvgIpc) is 3.41. The molecule has 0 saturated carbocycles. The molecule has 0 saturated heterocycles. The molecule has 1 atom stereocenters. The number of halogens is 1. The monoisotopic (exact) mass is 519 g/mol. The van der Waals surface area contributed by atoms with Crippen LogP contribution in [0.25, 0.3) is 0 Å². The van der Waals surface area contributed by atoms with E-state index in [-0.39, 0.29) is 25.3 Å². The summed E-state index contributed by atoms with van der Waals surface area (Å²) in [5.41, 5.74) is 2.30. The number of ether oxygens (including phenoxy) is 3. The maximum absolute atomic E-state index is 14.4. The van der Waals surface area contributed by atoms with Gasteiger partial charge in [-0.3, -0.25) is 9.59 Å². The molecule has 1 aliphatic heterocycles. The quantitative estimate of drug-likeness (QED) is 0.399. The first-order valence-corrected chi connectivity index (χ1v) is 12.2. The van der Waals surface area contributed by atoms with Crippen molar-refractivity contribution in [3.63, 3.8) is 0 Å². The Bertz CT molecular complexity index is 1310. The fourth-order valence-corrected chi connectivity index (χ4v) is 4.30. The van der Waals surface area contributed by atoms with Crippen molar-refractivity contribution in [2.45, 2.75) is 12.5 Å². The molecule has 38 heavy (non-hydrogen) atoms. The summed E-state index contributed by atoms with van der Waals surface area (Å²) < 4.78 is 30.2. The van der Waals surface area contributed by atoms with Crippen LogP contribution in [0.3, 0.4) is 0 Å². The van der Waals surface area contributed by atoms with Crippen LogP contribution in [0.2, 0.25) is 0 Å². The van der Waals surface area contributed by atoms with Gasteiger partial charge in [0.2, 0.25) is 0 Å². The largest absolute Gasteiger partial charge is 0.497 e. The molecule has 1 unspecified atom stereocenters. The molecule has 0 aromatic heterocycles. The number of carbonyl (C=O) groups is 2. The maximum Gasteiger partial charge on any atom is 0.262 e. The average molecular weight is 520 g/mol. The van der Waals surface area contributed by atoms with Crippen LogP contribution < -0.4 is 9.47 Å². The van der Waals surface area contributed by atoms with Gasteiger partial charge in [-0.15, -0.1) is 0 Å². The fraction of sp³-hybridized carbons (Fsp3) is 0.276. The van der Waals surface area contributed by atoms with Gasteiger partial charge in [-0.1, -0.05) is 36.4 Å². The first-order chi connectivity index (χ1) is 18.4. The van der Waals surface area contributed by atoms with Crippen LogP contribution in [0.15, 0.2) is 77.9 Å². The van der Waals surface area contributed by atoms with E-state index in [4.69, 9.17) is 14.2 Å². The number of amides is 2. The normalized spacial score (nSPS) is 14.7. The van der Waals surface area contributed by atoms with Crippen LogP contribution in [0.4, 0.5) is 4.39 Å². The summed E-state index contributed by atoms with van der Waals surface area (Å²) in [6, 6.07) is 20.2. The highest BCUT2D eigenvalue weighted by molar-refractivity contribution is 6.04. The Hall–Kier alpha value is -4.24. The maximum atomic E-state index is 14.4. The summed E-state index contributed by atoms with van der Waals surface area (Å²) in [6.07, 6.45) is 0.463. The molecule has 2 amide bonds. The first kappa shape index (κ1) is 26.8. The lowest BCUT2D eigenvalue weighted by Gasteiger charge is -2.27. The Balaban J connectivity index is 1.65. The van der Waals surface area contributed by atoms with E-state index >= 15 is 0 Å². The lowest BCUT2D eigenvalue weighted by Crippen LogP contribution is -2.43. The number of nitrogens with zero attached hydrogens (tertiary/aromatic N) is 3. The summed E-state index contributed by atoms with van der Waals surface area (Å²) in [5.74, 6) is -0.268. The third kappa shape index (κ3) is 6.00. The molecule has 198 valence electrons. The summed E-state index contributed by atoms with van der Waals surface area (Å²) in [4.78, 5) is 28.2. The Morgan fingerprint density at radius 2 is 1.71 bits per heavy atom. The van der Waals surface area contributed by atoms with E-state index in [9.17, 15) is 14.0 Å². The van der Waals surface area contributed by atoms with Gasteiger partial charge in [0.15, 0.2) is 0 Å². The molecule has 1 aliphatic rings. The highest BCUT2D eigenvalue weighted by atomic mass is 19.1. The van der Waals surface area contributed by atoms with Gasteiger partial charge in [-0.25, -0.2) is 9.40 Å². The van der Waals surface area contributed by atoms with E-state index in [2.05, 4.69) is 5.10 Å². The van der Waals surface area contributed by atoms with Crippen molar-refractivity contribution in [1.82, 2.24) is 9.91 Å². The zero-order valence-electron chi connectivity index (χ0n) is 21.6. The van der Waals surface area contributed by atoms with Crippen molar-refractivity contribution in [2.75, 3.05) is 41.0 Å². The van der Waals surface area contributed by atoms with E-state index in [1.165, 1.54) is 35.2 Å². The van der Waals surface area contributed by atoms with Gasteiger partial charge in [0.25, 0.3) is 11.8 Å². The van der Waals surface area contributed by atoms with E-state index in [1.54, 1.807) is 20.3 Å². The number of hydrogen-bond donors (Lipinski definition) is 0. The number of benzene rings is 3. The van der Waals surface area contributed by atoms with Gasteiger partial charge in [-0.2, -0.15) is 5.10 Å². The van der Waals surface area contributed by atoms with Gasteiger partial charge in [0.1, 0.15) is 23.9 Å². The number of rotatable bonds is 10. The van der Waals surface area contributed by atoms with E-state index in [0.29, 0.717) is 23.6 Å². The van der Waals surface area contributed by atoms with Gasteiger partial charge in [0, 0.05) is 25.6 Å². The topological polar surface area (TPSA) is 80.7 Å². The molecule has 0 fully saturated rings. The van der Waals surface area contributed by atoms with Crippen LogP contribution in [-0.2, 0) is 9.53 Å². The van der Waals surface area contributed by atoms with Crippen molar-refractivity contribution in [1.29, 1.82) is 0 Å². The minimum absolute atomic E-state index is 0.106. The molecule has 0 radical (unpaired) electrons. The predicted molar refractivity (Wildman–Crippen MR) is 141 cm³/mol. The van der Waals surface area contributed by atoms with Crippen molar-refractivity contribution in [2.24, 2.45) is 5.10 Å². The number of hydrogen-bond acceptors (Lipinski definition) is 6. The highest BCUT2D eigenvalue weighted by Crippen LogP contribution is 2.34. The summed E-state index contributed by atoms with van der Waals surface area (Å²) in [6.45, 7) is 0.00862. The Kier molecular flexibility index (Phi) is 8.70. The second kappa shape index (κ2) is 12.3. The summed E-state index contributed by atoms with van der Waals surface area (Å²) >= 11 is 0. The Morgan fingerprint density at radius 3 is 2.39 bits per heavy atom. The van der Waals surface area contributed by atoms with Crippen LogP contribution in [0.5, 0.6) is 11.5 Å². The minimum Gasteiger partial charge on any atom is -0.497 e. The van der Waals surface area contributed by atoms with Crippen LogP contribution >= 0.6 is 0 Å². The number of methoxy groups -OCH3 is 3. The van der Waals surface area contributed by atoms with Crippen LogP contribution in [0.1, 0.15) is 33.9 Å². The number of carbonyl (C=O) groups excluding carboxylic acids is 2. The second-order valence-electron chi connectivity index (χ2n) is 8.71. The molecule has 3 aromatic rings. The SMILES string of the molecule is COCCN(CC(=O)N1N=C(c2cccc(OC)c2)CC1c1ccc(OC)cc1)C(=O)c1ccccc1F. The molecule has 0 aliphatic carbocycles. The molecule has 0 bridgehead atoms. The highest BCUT2D eigenvalue weighted by Gasteiger charge is 2.35. The lowest BCUT2D eigenvalue weighted by molar-refractivity contribution is -0.133. The molecule has 0 N–H and O–H groups in total. The Morgan fingerprint density at radius 1 is 0.974 bits per heavy atom. The Labute approximate surface area is 221 Å². The standard InChI is InChI=1S/C29H30FN3O5/c1-36-16-15-32(29(35)24-9-4-5-10-25(24)30)19-28(34)33-27(20-11-13-22(37-2)14-12-20)18-26(31-33)21-7-6-8-23(17-21)38-3/h4-14,17,27H,15-16,18-19H2,1-3H3. The molecule has 3 aromatic carbocycles. The van der Waals surface area contributed by atoms with E-state index in [1.807, 2.05) is 48.5 Å². The summed E-state index contributed by atoms with van der Waals surface area (Å²) in [7, 11) is 4.68. The molecule has 9 heteroatoms. The molecular weight excluding hydrogens is 489 g/mol. The second-order valence-corrected chi connectivity index (χ2v) is 8.71. The van der Waals surface area contributed by atoms with Crippen LogP contribution in [0, 0.1) is 5.82 Å². The zero-order valence-corrected chi connectivity index (χ0v) is 21.6. The molecular formula is C29H30FN3O5. The van der Waals surface area contributed by atoms with E-state index < -0.39 is 23.7 Å². The predicted octanol–water partition coefficient (Wildman–Crippen LogP) is 4.31. The fourth-order valence-electron chi connectivity index (χ4n) is 4.30. The summed E-state index contributed by atoms with van der Waals surface area (Å²) in [5, 5.41) is 6.10. The molecule has 4 rings (SSSR count). The van der Waals surface area contributed by atoms with Gasteiger partial charge < -0.3 is 19.1 Å². The van der Waals surface area contributed by atoms with Crippen molar-refractivity contribution in [3.8, 4) is 11.5 Å². The molecule has 1 heterocycles. The first-order valence-electron chi connectivity index (χ1n) is 12.2. The zero-order chi connectivity index (χ0) is 27.1. The third-order valence-electron chi connectivity index (χ3n) is 6.35. The molecule has 8 nitrogen and oxygen atoms in total. The minimum atomic E-state index is -0.650.